The van der Waals surface area contributed by atoms with Crippen LogP contribution in [0.3, 0.4) is 0 Å². The molecule has 1 aliphatic heterocycles. The van der Waals surface area contributed by atoms with Gasteiger partial charge in [-0.05, 0) is 25.5 Å². The van der Waals surface area contributed by atoms with Gasteiger partial charge in [-0.2, -0.15) is 13.2 Å². The van der Waals surface area contributed by atoms with Crippen molar-refractivity contribution in [1.29, 1.82) is 0 Å². The van der Waals surface area contributed by atoms with E-state index >= 15 is 0 Å². The van der Waals surface area contributed by atoms with E-state index in [1.165, 1.54) is 0 Å². The fourth-order valence-corrected chi connectivity index (χ4v) is 3.94. The lowest BCUT2D eigenvalue weighted by Crippen LogP contribution is -2.51. The molecule has 2 aliphatic rings. The number of nitro benzene ring substituents is 1. The van der Waals surface area contributed by atoms with Crippen molar-refractivity contribution in [2.24, 2.45) is 5.41 Å². The van der Waals surface area contributed by atoms with Gasteiger partial charge >= 0.3 is 6.18 Å². The van der Waals surface area contributed by atoms with Gasteiger partial charge in [-0.3, -0.25) is 14.9 Å². The summed E-state index contributed by atoms with van der Waals surface area (Å²) in [5.41, 5.74) is -2.44. The zero-order valence-corrected chi connectivity index (χ0v) is 15.7. The van der Waals surface area contributed by atoms with Crippen LogP contribution in [-0.2, 0) is 11.0 Å². The topological polar surface area (TPSA) is 66.7 Å². The molecule has 0 bridgehead atoms. The van der Waals surface area contributed by atoms with Crippen LogP contribution in [0.15, 0.2) is 18.2 Å². The molecule has 6 nitrogen and oxygen atoms in total. The summed E-state index contributed by atoms with van der Waals surface area (Å²) in [5.74, 6) is -0.186. The van der Waals surface area contributed by atoms with Crippen molar-refractivity contribution in [2.45, 2.75) is 23.9 Å². The zero-order valence-electron chi connectivity index (χ0n) is 14.2. The lowest BCUT2D eigenvalue weighted by Gasteiger charge is -2.37. The number of alkyl halides is 5. The molecular weight excluding hydrogens is 410 g/mol. The standard InChI is InChI=1S/C16H16Cl2F3N3O3/c1-14(9-15(14,17)18)13(25)23-6-4-22(5-7-23)11-3-2-10(16(19,20)21)8-12(11)24(26)27/h2-3,8H,4-7,9H2,1H3. The van der Waals surface area contributed by atoms with E-state index in [1.54, 1.807) is 16.7 Å². The Labute approximate surface area is 163 Å². The number of hydrogen-bond acceptors (Lipinski definition) is 4. The normalized spacial score (nSPS) is 24.7. The van der Waals surface area contributed by atoms with E-state index in [9.17, 15) is 28.1 Å². The van der Waals surface area contributed by atoms with Crippen LogP contribution in [0.1, 0.15) is 18.9 Å². The van der Waals surface area contributed by atoms with Crippen LogP contribution in [0.5, 0.6) is 0 Å². The SMILES string of the molecule is CC1(C(=O)N2CCN(c3ccc(C(F)(F)F)cc3[N+](=O)[O-])CC2)CC1(Cl)Cl. The van der Waals surface area contributed by atoms with Gasteiger partial charge in [0, 0.05) is 32.2 Å². The minimum atomic E-state index is -4.66. The third-order valence-electron chi connectivity index (χ3n) is 5.14. The summed E-state index contributed by atoms with van der Waals surface area (Å²) in [6.07, 6.45) is -4.31. The number of carbonyl (C=O) groups excluding carboxylic acids is 1. The van der Waals surface area contributed by atoms with Crippen LogP contribution in [0, 0.1) is 15.5 Å². The number of amides is 1. The Morgan fingerprint density at radius 3 is 2.22 bits per heavy atom. The monoisotopic (exact) mass is 425 g/mol. The molecule has 2 fully saturated rings. The fraction of sp³-hybridized carbons (Fsp3) is 0.562. The van der Waals surface area contributed by atoms with Crippen molar-refractivity contribution < 1.29 is 22.9 Å². The molecule has 1 saturated heterocycles. The largest absolute Gasteiger partial charge is 0.416 e. The third-order valence-corrected chi connectivity index (χ3v) is 6.24. The Morgan fingerprint density at radius 2 is 1.78 bits per heavy atom. The van der Waals surface area contributed by atoms with Gasteiger partial charge in [0.15, 0.2) is 0 Å². The van der Waals surface area contributed by atoms with Crippen molar-refractivity contribution in [3.8, 4) is 0 Å². The average molecular weight is 426 g/mol. The maximum atomic E-state index is 12.8. The summed E-state index contributed by atoms with van der Waals surface area (Å²) >= 11 is 12.1. The van der Waals surface area contributed by atoms with Crippen LogP contribution in [0.25, 0.3) is 0 Å². The highest BCUT2D eigenvalue weighted by Crippen LogP contribution is 2.64. The third kappa shape index (κ3) is 3.54. The fourth-order valence-electron chi connectivity index (χ4n) is 3.24. The molecule has 148 valence electrons. The zero-order chi connectivity index (χ0) is 20.2. The summed E-state index contributed by atoms with van der Waals surface area (Å²) in [7, 11) is 0. The van der Waals surface area contributed by atoms with Crippen LogP contribution in [0.2, 0.25) is 0 Å². The first kappa shape index (κ1) is 20.0. The lowest BCUT2D eigenvalue weighted by atomic mass is 10.1. The molecule has 1 unspecified atom stereocenters. The highest BCUT2D eigenvalue weighted by molar-refractivity contribution is 6.53. The Bertz CT molecular complexity index is 795. The van der Waals surface area contributed by atoms with Gasteiger partial charge < -0.3 is 9.80 Å². The first-order valence-electron chi connectivity index (χ1n) is 8.15. The summed E-state index contributed by atoms with van der Waals surface area (Å²) in [4.78, 5) is 26.2. The number of rotatable bonds is 3. The molecule has 1 heterocycles. The molecule has 1 atom stereocenters. The van der Waals surface area contributed by atoms with E-state index in [0.717, 1.165) is 12.1 Å². The number of nitro groups is 1. The van der Waals surface area contributed by atoms with Gasteiger partial charge in [-0.1, -0.05) is 0 Å². The number of hydrogen-bond donors (Lipinski definition) is 0. The maximum absolute atomic E-state index is 12.8. The summed E-state index contributed by atoms with van der Waals surface area (Å²) in [6.45, 7) is 2.74. The minimum absolute atomic E-state index is 0.0989. The van der Waals surface area contributed by atoms with Crippen LogP contribution < -0.4 is 4.90 Å². The second kappa shape index (κ2) is 6.41. The number of benzene rings is 1. The van der Waals surface area contributed by atoms with Crippen molar-refractivity contribution in [3.05, 3.63) is 33.9 Å². The molecule has 0 N–H and O–H groups in total. The second-order valence-corrected chi connectivity index (χ2v) is 8.43. The Balaban J connectivity index is 1.75. The average Bonchev–Trinajstić information content (AvgIpc) is 3.12. The quantitative estimate of drug-likeness (QED) is 0.419. The lowest BCUT2D eigenvalue weighted by molar-refractivity contribution is -0.384. The molecule has 0 aromatic heterocycles. The van der Waals surface area contributed by atoms with E-state index in [0.29, 0.717) is 12.5 Å². The van der Waals surface area contributed by atoms with Crippen molar-refractivity contribution in [2.75, 3.05) is 31.1 Å². The van der Waals surface area contributed by atoms with Gasteiger partial charge in [0.25, 0.3) is 5.69 Å². The molecular formula is C16H16Cl2F3N3O3. The number of carbonyl (C=O) groups is 1. The van der Waals surface area contributed by atoms with Crippen LogP contribution >= 0.6 is 23.2 Å². The molecule has 1 aromatic carbocycles. The summed E-state index contributed by atoms with van der Waals surface area (Å²) < 4.78 is 37.4. The number of nitrogens with zero attached hydrogens (tertiary/aromatic N) is 3. The van der Waals surface area contributed by atoms with Gasteiger partial charge in [0.2, 0.25) is 5.91 Å². The first-order chi connectivity index (χ1) is 12.4. The van der Waals surface area contributed by atoms with Gasteiger partial charge in [0.05, 0.1) is 15.9 Å². The molecule has 0 spiro atoms. The van der Waals surface area contributed by atoms with Crippen molar-refractivity contribution in [1.82, 2.24) is 4.90 Å². The van der Waals surface area contributed by atoms with E-state index < -0.39 is 32.1 Å². The van der Waals surface area contributed by atoms with Gasteiger partial charge in [-0.15, -0.1) is 23.2 Å². The van der Waals surface area contributed by atoms with E-state index in [1.807, 2.05) is 0 Å². The Hall–Kier alpha value is -1.74. The first-order valence-corrected chi connectivity index (χ1v) is 8.90. The van der Waals surface area contributed by atoms with Crippen molar-refractivity contribution >= 4 is 40.5 Å². The second-order valence-electron chi connectivity index (χ2n) is 6.95. The molecule has 1 amide bonds. The molecule has 11 heteroatoms. The molecule has 0 radical (unpaired) electrons. The smallest absolute Gasteiger partial charge is 0.362 e. The predicted octanol–water partition coefficient (Wildman–Crippen LogP) is 3.85. The van der Waals surface area contributed by atoms with Crippen LogP contribution in [0.4, 0.5) is 24.5 Å². The highest BCUT2D eigenvalue weighted by Gasteiger charge is 2.68. The molecule has 1 aromatic rings. The molecule has 1 aliphatic carbocycles. The molecule has 27 heavy (non-hydrogen) atoms. The Morgan fingerprint density at radius 1 is 1.22 bits per heavy atom. The summed E-state index contributed by atoms with van der Waals surface area (Å²) in [6, 6.07) is 2.46. The highest BCUT2D eigenvalue weighted by atomic mass is 35.5. The molecule has 3 rings (SSSR count). The predicted molar refractivity (Wildman–Crippen MR) is 94.1 cm³/mol. The maximum Gasteiger partial charge on any atom is 0.416 e. The minimum Gasteiger partial charge on any atom is -0.362 e. The van der Waals surface area contributed by atoms with E-state index in [2.05, 4.69) is 0 Å². The number of anilines is 1. The van der Waals surface area contributed by atoms with E-state index in [-0.39, 0.29) is 37.8 Å². The van der Waals surface area contributed by atoms with Crippen LogP contribution in [-0.4, -0.2) is 46.2 Å². The van der Waals surface area contributed by atoms with Gasteiger partial charge in [0.1, 0.15) is 10.0 Å². The van der Waals surface area contributed by atoms with Gasteiger partial charge in [-0.25, -0.2) is 0 Å². The molecule has 1 saturated carbocycles. The van der Waals surface area contributed by atoms with E-state index in [4.69, 9.17) is 23.2 Å². The number of piperazine rings is 1. The summed E-state index contributed by atoms with van der Waals surface area (Å²) in [5, 5.41) is 11.2. The Kier molecular flexibility index (Phi) is 4.75. The van der Waals surface area contributed by atoms with Crippen molar-refractivity contribution in [3.63, 3.8) is 0 Å². The number of halogens is 5.